The third-order valence-electron chi connectivity index (χ3n) is 6.16. The van der Waals surface area contributed by atoms with Crippen LogP contribution in [0.2, 0.25) is 0 Å². The van der Waals surface area contributed by atoms with Crippen molar-refractivity contribution in [3.63, 3.8) is 0 Å². The summed E-state index contributed by atoms with van der Waals surface area (Å²) in [4.78, 5) is 14.3. The molecule has 0 aliphatic carbocycles. The molecule has 4 rings (SSSR count). The van der Waals surface area contributed by atoms with Gasteiger partial charge in [-0.25, -0.2) is 0 Å². The zero-order valence-electron chi connectivity index (χ0n) is 16.1. The number of fused-ring (bicyclic) bond motifs is 1. The van der Waals surface area contributed by atoms with Crippen LogP contribution in [-0.2, 0) is 4.79 Å². The molecule has 3 aromatic rings. The summed E-state index contributed by atoms with van der Waals surface area (Å²) in [7, 11) is 0. The minimum atomic E-state index is -0.218. The molecule has 1 amide bonds. The first kappa shape index (κ1) is 18.4. The second-order valence-corrected chi connectivity index (χ2v) is 7.82. The Kier molecular flexibility index (Phi) is 4.95. The Balaban J connectivity index is 1.65. The van der Waals surface area contributed by atoms with E-state index < -0.39 is 0 Å². The Bertz CT molecular complexity index is 986. The molecule has 3 unspecified atom stereocenters. The lowest BCUT2D eigenvalue weighted by atomic mass is 9.74. The summed E-state index contributed by atoms with van der Waals surface area (Å²) in [5.74, 6) is 0.420. The van der Waals surface area contributed by atoms with Gasteiger partial charge >= 0.3 is 0 Å². The Hall–Kier alpha value is -3.01. The highest BCUT2D eigenvalue weighted by molar-refractivity contribution is 5.87. The fraction of sp³-hybridized carbons (Fsp3) is 0.292. The van der Waals surface area contributed by atoms with Crippen LogP contribution in [0.25, 0.3) is 10.8 Å². The maximum absolute atomic E-state index is 11.9. The molecule has 0 saturated carbocycles. The Morgan fingerprint density at radius 2 is 1.79 bits per heavy atom. The number of phenolic OH excluding ortho intramolecular Hbond substituents is 1. The second-order valence-electron chi connectivity index (χ2n) is 7.82. The van der Waals surface area contributed by atoms with Crippen molar-refractivity contribution in [3.8, 4) is 5.75 Å². The number of carbonyl (C=O) groups is 1. The minimum Gasteiger partial charge on any atom is -0.508 e. The van der Waals surface area contributed by atoms with Crippen LogP contribution in [0.5, 0.6) is 5.75 Å². The monoisotopic (exact) mass is 374 g/mol. The SMILES string of the molecule is CC(C(N)=O)C1CCN(c2ccc3cc(O)ccc3c2)CC1c1ccccc1. The van der Waals surface area contributed by atoms with Crippen molar-refractivity contribution >= 4 is 22.4 Å². The van der Waals surface area contributed by atoms with Crippen LogP contribution < -0.4 is 10.6 Å². The number of nitrogens with two attached hydrogens (primary N) is 1. The summed E-state index contributed by atoms with van der Waals surface area (Å²) in [6, 6.07) is 22.2. The van der Waals surface area contributed by atoms with E-state index in [1.165, 1.54) is 11.3 Å². The highest BCUT2D eigenvalue weighted by Gasteiger charge is 2.36. The van der Waals surface area contributed by atoms with Crippen LogP contribution in [0.1, 0.15) is 24.8 Å². The number of rotatable bonds is 4. The third kappa shape index (κ3) is 3.55. The van der Waals surface area contributed by atoms with Crippen molar-refractivity contribution in [2.75, 3.05) is 18.0 Å². The number of hydrogen-bond donors (Lipinski definition) is 2. The van der Waals surface area contributed by atoms with Gasteiger partial charge in [-0.05, 0) is 52.9 Å². The maximum atomic E-state index is 11.9. The smallest absolute Gasteiger partial charge is 0.220 e. The molecule has 28 heavy (non-hydrogen) atoms. The van der Waals surface area contributed by atoms with Crippen LogP contribution in [0.3, 0.4) is 0 Å². The molecule has 0 aromatic heterocycles. The van der Waals surface area contributed by atoms with Crippen LogP contribution in [0, 0.1) is 11.8 Å². The van der Waals surface area contributed by atoms with Crippen molar-refractivity contribution in [2.24, 2.45) is 17.6 Å². The Morgan fingerprint density at radius 3 is 2.54 bits per heavy atom. The van der Waals surface area contributed by atoms with E-state index in [1.807, 2.05) is 19.1 Å². The number of carbonyl (C=O) groups excluding carboxylic acids is 1. The summed E-state index contributed by atoms with van der Waals surface area (Å²) in [6.07, 6.45) is 0.928. The number of primary amides is 1. The number of aromatic hydroxyl groups is 1. The van der Waals surface area contributed by atoms with Gasteiger partial charge in [0.2, 0.25) is 5.91 Å². The number of nitrogens with zero attached hydrogens (tertiary/aromatic N) is 1. The molecule has 1 aliphatic heterocycles. The van der Waals surface area contributed by atoms with Gasteiger partial charge in [0.25, 0.3) is 0 Å². The summed E-state index contributed by atoms with van der Waals surface area (Å²) >= 11 is 0. The predicted octanol–water partition coefficient (Wildman–Crippen LogP) is 4.28. The average molecular weight is 374 g/mol. The van der Waals surface area contributed by atoms with Crippen LogP contribution in [-0.4, -0.2) is 24.1 Å². The molecule has 1 heterocycles. The average Bonchev–Trinajstić information content (AvgIpc) is 2.73. The van der Waals surface area contributed by atoms with Crippen molar-refractivity contribution < 1.29 is 9.90 Å². The van der Waals surface area contributed by atoms with E-state index >= 15 is 0 Å². The lowest BCUT2D eigenvalue weighted by molar-refractivity contribution is -0.123. The number of piperidine rings is 1. The molecule has 0 radical (unpaired) electrons. The fourth-order valence-electron chi connectivity index (χ4n) is 4.48. The van der Waals surface area contributed by atoms with Gasteiger partial charge in [-0.2, -0.15) is 0 Å². The molecular formula is C24H26N2O2. The van der Waals surface area contributed by atoms with E-state index in [0.717, 1.165) is 30.3 Å². The van der Waals surface area contributed by atoms with Gasteiger partial charge in [-0.15, -0.1) is 0 Å². The highest BCUT2D eigenvalue weighted by Crippen LogP contribution is 2.39. The summed E-state index contributed by atoms with van der Waals surface area (Å²) in [5.41, 5.74) is 8.09. The first-order chi connectivity index (χ1) is 13.5. The molecule has 0 bridgehead atoms. The van der Waals surface area contributed by atoms with Crippen LogP contribution in [0.15, 0.2) is 66.7 Å². The summed E-state index contributed by atoms with van der Waals surface area (Å²) in [6.45, 7) is 3.71. The van der Waals surface area contributed by atoms with Gasteiger partial charge in [0.15, 0.2) is 0 Å². The molecule has 1 aliphatic rings. The Morgan fingerprint density at radius 1 is 1.07 bits per heavy atom. The fourth-order valence-corrected chi connectivity index (χ4v) is 4.48. The van der Waals surface area contributed by atoms with E-state index in [2.05, 4.69) is 47.4 Å². The van der Waals surface area contributed by atoms with Gasteiger partial charge < -0.3 is 15.7 Å². The molecule has 0 spiro atoms. The van der Waals surface area contributed by atoms with Gasteiger partial charge in [0.1, 0.15) is 5.75 Å². The normalized spacial score (nSPS) is 20.8. The molecule has 144 valence electrons. The van der Waals surface area contributed by atoms with Gasteiger partial charge in [0, 0.05) is 30.6 Å². The minimum absolute atomic E-state index is 0.146. The number of hydrogen-bond acceptors (Lipinski definition) is 3. The molecule has 4 heteroatoms. The predicted molar refractivity (Wildman–Crippen MR) is 113 cm³/mol. The maximum Gasteiger partial charge on any atom is 0.220 e. The van der Waals surface area contributed by atoms with Crippen LogP contribution in [0.4, 0.5) is 5.69 Å². The molecule has 4 nitrogen and oxygen atoms in total. The summed E-state index contributed by atoms with van der Waals surface area (Å²) < 4.78 is 0. The molecule has 1 saturated heterocycles. The number of anilines is 1. The zero-order chi connectivity index (χ0) is 19.7. The second kappa shape index (κ2) is 7.55. The van der Waals surface area contributed by atoms with Crippen molar-refractivity contribution in [3.05, 3.63) is 72.3 Å². The number of benzene rings is 3. The first-order valence-corrected chi connectivity index (χ1v) is 9.85. The van der Waals surface area contributed by atoms with Gasteiger partial charge in [0.05, 0.1) is 0 Å². The van der Waals surface area contributed by atoms with Crippen molar-refractivity contribution in [1.82, 2.24) is 0 Å². The highest BCUT2D eigenvalue weighted by atomic mass is 16.3. The molecule has 1 fully saturated rings. The van der Waals surface area contributed by atoms with E-state index in [0.29, 0.717) is 0 Å². The molecule has 3 N–H and O–H groups in total. The largest absolute Gasteiger partial charge is 0.508 e. The first-order valence-electron chi connectivity index (χ1n) is 9.85. The van der Waals surface area contributed by atoms with E-state index in [1.54, 1.807) is 12.1 Å². The van der Waals surface area contributed by atoms with E-state index in [4.69, 9.17) is 5.73 Å². The zero-order valence-corrected chi connectivity index (χ0v) is 16.1. The Labute approximate surface area is 165 Å². The summed E-state index contributed by atoms with van der Waals surface area (Å²) in [5, 5.41) is 11.8. The van der Waals surface area contributed by atoms with Crippen molar-refractivity contribution in [1.29, 1.82) is 0 Å². The molecular weight excluding hydrogens is 348 g/mol. The molecule has 3 aromatic carbocycles. The quantitative estimate of drug-likeness (QED) is 0.716. The van der Waals surface area contributed by atoms with E-state index in [-0.39, 0.29) is 29.4 Å². The number of amides is 1. The van der Waals surface area contributed by atoms with Crippen molar-refractivity contribution in [2.45, 2.75) is 19.3 Å². The van der Waals surface area contributed by atoms with Gasteiger partial charge in [-0.3, -0.25) is 4.79 Å². The lowest BCUT2D eigenvalue weighted by Gasteiger charge is -2.42. The topological polar surface area (TPSA) is 66.6 Å². The molecule has 3 atom stereocenters. The number of phenols is 1. The third-order valence-corrected chi connectivity index (χ3v) is 6.16. The standard InChI is InChI=1S/C24H26N2O2/c1-16(24(25)28)22-11-12-26(15-23(22)17-5-3-2-4-6-17)20-9-7-19-14-21(27)10-8-18(19)13-20/h2-10,13-14,16,22-23,27H,11-12,15H2,1H3,(H2,25,28). The van der Waals surface area contributed by atoms with E-state index in [9.17, 15) is 9.90 Å². The van der Waals surface area contributed by atoms with Crippen LogP contribution >= 0.6 is 0 Å². The lowest BCUT2D eigenvalue weighted by Crippen LogP contribution is -2.44. The van der Waals surface area contributed by atoms with Gasteiger partial charge in [-0.1, -0.05) is 49.4 Å².